The molecule has 0 aliphatic heterocycles. The van der Waals surface area contributed by atoms with Gasteiger partial charge in [0.2, 0.25) is 0 Å². The van der Waals surface area contributed by atoms with Gasteiger partial charge >= 0.3 is 5.97 Å². The molecule has 126 valence electrons. The van der Waals surface area contributed by atoms with Crippen LogP contribution in [0.5, 0.6) is 0 Å². The molecule has 6 nitrogen and oxygen atoms in total. The SMILES string of the molecule is CC(CCC(=O)O)NC(=O)c1ccc(N(C)c2ccccc2)nc1. The summed E-state index contributed by atoms with van der Waals surface area (Å²) >= 11 is 0. The van der Waals surface area contributed by atoms with Gasteiger partial charge in [0, 0.05) is 31.4 Å². The molecule has 2 N–H and O–H groups in total. The zero-order valence-electron chi connectivity index (χ0n) is 13.8. The molecule has 0 radical (unpaired) electrons. The highest BCUT2D eigenvalue weighted by Crippen LogP contribution is 2.20. The van der Waals surface area contributed by atoms with Crippen molar-refractivity contribution >= 4 is 23.4 Å². The number of hydrogen-bond acceptors (Lipinski definition) is 4. The van der Waals surface area contributed by atoms with Crippen molar-refractivity contribution in [2.45, 2.75) is 25.8 Å². The number of nitrogens with one attached hydrogen (secondary N) is 1. The fourth-order valence-corrected chi connectivity index (χ4v) is 2.22. The van der Waals surface area contributed by atoms with Crippen LogP contribution in [0.1, 0.15) is 30.1 Å². The van der Waals surface area contributed by atoms with Gasteiger partial charge in [0.15, 0.2) is 0 Å². The van der Waals surface area contributed by atoms with E-state index in [1.54, 1.807) is 19.1 Å². The molecular weight excluding hydrogens is 306 g/mol. The van der Waals surface area contributed by atoms with E-state index in [2.05, 4.69) is 10.3 Å². The van der Waals surface area contributed by atoms with Crippen molar-refractivity contribution in [2.75, 3.05) is 11.9 Å². The summed E-state index contributed by atoms with van der Waals surface area (Å²) in [4.78, 5) is 28.9. The molecular formula is C18H21N3O3. The van der Waals surface area contributed by atoms with Crippen LogP contribution in [0.2, 0.25) is 0 Å². The Balaban J connectivity index is 1.98. The van der Waals surface area contributed by atoms with E-state index >= 15 is 0 Å². The number of carbonyl (C=O) groups excluding carboxylic acids is 1. The Morgan fingerprint density at radius 3 is 2.50 bits per heavy atom. The normalized spacial score (nSPS) is 11.6. The van der Waals surface area contributed by atoms with Crippen LogP contribution in [0.25, 0.3) is 0 Å². The number of nitrogens with zero attached hydrogens (tertiary/aromatic N) is 2. The number of rotatable bonds is 7. The standard InChI is InChI=1S/C18H21N3O3/c1-13(8-11-17(22)23)20-18(24)14-9-10-16(19-12-14)21(2)15-6-4-3-5-7-15/h3-7,9-10,12-13H,8,11H2,1-2H3,(H,20,24)(H,22,23). The molecule has 2 aromatic rings. The molecule has 0 saturated heterocycles. The Bertz CT molecular complexity index is 686. The predicted molar refractivity (Wildman–Crippen MR) is 92.5 cm³/mol. The summed E-state index contributed by atoms with van der Waals surface area (Å²) in [6.07, 6.45) is 1.94. The van der Waals surface area contributed by atoms with Gasteiger partial charge in [0.05, 0.1) is 5.56 Å². The van der Waals surface area contributed by atoms with E-state index in [1.165, 1.54) is 6.20 Å². The summed E-state index contributed by atoms with van der Waals surface area (Å²) < 4.78 is 0. The van der Waals surface area contributed by atoms with Crippen LogP contribution in [0.15, 0.2) is 48.7 Å². The summed E-state index contributed by atoms with van der Waals surface area (Å²) in [5, 5.41) is 11.4. The molecule has 1 heterocycles. The highest BCUT2D eigenvalue weighted by atomic mass is 16.4. The number of para-hydroxylation sites is 1. The Morgan fingerprint density at radius 2 is 1.92 bits per heavy atom. The van der Waals surface area contributed by atoms with E-state index in [0.717, 1.165) is 11.5 Å². The minimum atomic E-state index is -0.869. The Kier molecular flexibility index (Phi) is 5.89. The van der Waals surface area contributed by atoms with Crippen LogP contribution in [-0.4, -0.2) is 35.1 Å². The van der Waals surface area contributed by atoms with Gasteiger partial charge in [-0.05, 0) is 37.6 Å². The average Bonchev–Trinajstić information content (AvgIpc) is 2.60. The molecule has 1 aromatic heterocycles. The van der Waals surface area contributed by atoms with Crippen molar-refractivity contribution in [1.82, 2.24) is 10.3 Å². The summed E-state index contributed by atoms with van der Waals surface area (Å²) in [5.41, 5.74) is 1.45. The van der Waals surface area contributed by atoms with E-state index in [1.807, 2.05) is 42.3 Å². The van der Waals surface area contributed by atoms with E-state index in [9.17, 15) is 9.59 Å². The first kappa shape index (κ1) is 17.5. The van der Waals surface area contributed by atoms with Crippen molar-refractivity contribution in [3.63, 3.8) is 0 Å². The Labute approximate surface area is 141 Å². The van der Waals surface area contributed by atoms with E-state index in [-0.39, 0.29) is 18.4 Å². The minimum absolute atomic E-state index is 0.0283. The second-order valence-electron chi connectivity index (χ2n) is 5.61. The average molecular weight is 327 g/mol. The Morgan fingerprint density at radius 1 is 1.21 bits per heavy atom. The minimum Gasteiger partial charge on any atom is -0.481 e. The van der Waals surface area contributed by atoms with Gasteiger partial charge in [-0.2, -0.15) is 0 Å². The number of amides is 1. The molecule has 1 atom stereocenters. The molecule has 1 unspecified atom stereocenters. The van der Waals surface area contributed by atoms with Crippen molar-refractivity contribution in [3.8, 4) is 0 Å². The van der Waals surface area contributed by atoms with Crippen molar-refractivity contribution in [1.29, 1.82) is 0 Å². The molecule has 24 heavy (non-hydrogen) atoms. The molecule has 0 bridgehead atoms. The quantitative estimate of drug-likeness (QED) is 0.817. The third-order valence-electron chi connectivity index (χ3n) is 3.67. The monoisotopic (exact) mass is 327 g/mol. The molecule has 0 fully saturated rings. The smallest absolute Gasteiger partial charge is 0.303 e. The van der Waals surface area contributed by atoms with Gasteiger partial charge in [-0.25, -0.2) is 4.98 Å². The lowest BCUT2D eigenvalue weighted by Gasteiger charge is -2.18. The van der Waals surface area contributed by atoms with Gasteiger partial charge < -0.3 is 15.3 Å². The number of hydrogen-bond donors (Lipinski definition) is 2. The number of pyridine rings is 1. The maximum Gasteiger partial charge on any atom is 0.303 e. The zero-order chi connectivity index (χ0) is 17.5. The summed E-state index contributed by atoms with van der Waals surface area (Å²) in [7, 11) is 1.91. The first-order valence-electron chi connectivity index (χ1n) is 7.75. The zero-order valence-corrected chi connectivity index (χ0v) is 13.8. The summed E-state index contributed by atoms with van der Waals surface area (Å²) in [6, 6.07) is 13.1. The number of carboxylic acid groups (broad SMARTS) is 1. The molecule has 1 amide bonds. The van der Waals surface area contributed by atoms with Crippen molar-refractivity contribution in [3.05, 3.63) is 54.2 Å². The molecule has 0 aliphatic rings. The molecule has 6 heteroatoms. The van der Waals surface area contributed by atoms with Crippen molar-refractivity contribution < 1.29 is 14.7 Å². The second-order valence-corrected chi connectivity index (χ2v) is 5.61. The van der Waals surface area contributed by atoms with Crippen LogP contribution in [0, 0.1) is 0 Å². The molecule has 0 aliphatic carbocycles. The van der Waals surface area contributed by atoms with Crippen LogP contribution < -0.4 is 10.2 Å². The van der Waals surface area contributed by atoms with Gasteiger partial charge in [-0.15, -0.1) is 0 Å². The fraction of sp³-hybridized carbons (Fsp3) is 0.278. The highest BCUT2D eigenvalue weighted by Gasteiger charge is 2.12. The van der Waals surface area contributed by atoms with Gasteiger partial charge in [-0.1, -0.05) is 18.2 Å². The number of benzene rings is 1. The number of carboxylic acids is 1. The molecule has 0 spiro atoms. The molecule has 0 saturated carbocycles. The largest absolute Gasteiger partial charge is 0.481 e. The topological polar surface area (TPSA) is 82.5 Å². The third kappa shape index (κ3) is 4.81. The first-order valence-corrected chi connectivity index (χ1v) is 7.75. The lowest BCUT2D eigenvalue weighted by molar-refractivity contribution is -0.137. The lowest BCUT2D eigenvalue weighted by atomic mass is 10.1. The number of aliphatic carboxylic acids is 1. The van der Waals surface area contributed by atoms with Gasteiger partial charge in [-0.3, -0.25) is 9.59 Å². The summed E-state index contributed by atoms with van der Waals surface area (Å²) in [6.45, 7) is 1.78. The van der Waals surface area contributed by atoms with Crippen LogP contribution in [-0.2, 0) is 4.79 Å². The maximum absolute atomic E-state index is 12.1. The van der Waals surface area contributed by atoms with Gasteiger partial charge in [0.25, 0.3) is 5.91 Å². The maximum atomic E-state index is 12.1. The number of aromatic nitrogens is 1. The fourth-order valence-electron chi connectivity index (χ4n) is 2.22. The van der Waals surface area contributed by atoms with Crippen LogP contribution >= 0.6 is 0 Å². The van der Waals surface area contributed by atoms with Crippen molar-refractivity contribution in [2.24, 2.45) is 0 Å². The number of anilines is 2. The second kappa shape index (κ2) is 8.10. The van der Waals surface area contributed by atoms with Crippen LogP contribution in [0.4, 0.5) is 11.5 Å². The van der Waals surface area contributed by atoms with Gasteiger partial charge in [0.1, 0.15) is 5.82 Å². The number of carbonyl (C=O) groups is 2. The Hall–Kier alpha value is -2.89. The van der Waals surface area contributed by atoms with E-state index < -0.39 is 5.97 Å². The molecule has 1 aromatic carbocycles. The van der Waals surface area contributed by atoms with E-state index in [0.29, 0.717) is 12.0 Å². The predicted octanol–water partition coefficient (Wildman–Crippen LogP) is 2.83. The molecule has 2 rings (SSSR count). The lowest BCUT2D eigenvalue weighted by Crippen LogP contribution is -2.33. The van der Waals surface area contributed by atoms with E-state index in [4.69, 9.17) is 5.11 Å². The summed E-state index contributed by atoms with van der Waals surface area (Å²) in [5.74, 6) is -0.392. The highest BCUT2D eigenvalue weighted by molar-refractivity contribution is 5.94. The van der Waals surface area contributed by atoms with Crippen LogP contribution in [0.3, 0.4) is 0 Å². The third-order valence-corrected chi connectivity index (χ3v) is 3.67. The first-order chi connectivity index (χ1) is 11.5.